The minimum absolute atomic E-state index is 0.0440. The van der Waals surface area contributed by atoms with Crippen LogP contribution in [-0.2, 0) is 25.6 Å². The Balaban J connectivity index is 1.52. The van der Waals surface area contributed by atoms with Crippen LogP contribution in [0, 0.1) is 0 Å². The first-order valence-electron chi connectivity index (χ1n) is 16.5. The molecule has 1 heterocycles. The summed E-state index contributed by atoms with van der Waals surface area (Å²) in [6.07, 6.45) is -0.323. The second kappa shape index (κ2) is 15.8. The van der Waals surface area contributed by atoms with Gasteiger partial charge in [-0.05, 0) is 85.8 Å². The van der Waals surface area contributed by atoms with E-state index in [0.29, 0.717) is 30.1 Å². The molecule has 49 heavy (non-hydrogen) atoms. The first-order valence-corrected chi connectivity index (χ1v) is 16.5. The second-order valence-electron chi connectivity index (χ2n) is 12.9. The van der Waals surface area contributed by atoms with Gasteiger partial charge in [-0.1, -0.05) is 66.7 Å². The van der Waals surface area contributed by atoms with Crippen molar-refractivity contribution in [3.05, 3.63) is 120 Å². The summed E-state index contributed by atoms with van der Waals surface area (Å²) in [4.78, 5) is 32.6. The van der Waals surface area contributed by atoms with Crippen LogP contribution in [0.5, 0.6) is 11.5 Å². The van der Waals surface area contributed by atoms with Crippen molar-refractivity contribution in [3.8, 4) is 22.6 Å². The van der Waals surface area contributed by atoms with Gasteiger partial charge in [-0.15, -0.1) is 0 Å². The largest absolute Gasteiger partial charge is 0.497 e. The van der Waals surface area contributed by atoms with E-state index in [4.69, 9.17) is 29.0 Å². The molecular formula is C40H44N2O7. The number of carbonyl (C=O) groups excluding carboxylic acids is 2. The van der Waals surface area contributed by atoms with E-state index in [-0.39, 0.29) is 37.8 Å². The molecule has 9 heteroatoms. The number of aliphatic hydroxyl groups is 1. The molecular weight excluding hydrogens is 620 g/mol. The highest BCUT2D eigenvalue weighted by atomic mass is 16.6. The van der Waals surface area contributed by atoms with E-state index in [1.165, 1.54) is 0 Å². The molecule has 1 aliphatic rings. The zero-order chi connectivity index (χ0) is 34.9. The van der Waals surface area contributed by atoms with Crippen molar-refractivity contribution in [2.75, 3.05) is 20.3 Å². The fourth-order valence-corrected chi connectivity index (χ4v) is 5.62. The van der Waals surface area contributed by atoms with Crippen LogP contribution in [-0.4, -0.2) is 54.3 Å². The molecule has 0 spiro atoms. The van der Waals surface area contributed by atoms with Gasteiger partial charge in [0.1, 0.15) is 17.1 Å². The average Bonchev–Trinajstić information content (AvgIpc) is 3.51. The molecule has 4 aromatic rings. The fraction of sp³-hybridized carbons (Fsp3) is 0.325. The van der Waals surface area contributed by atoms with E-state index in [0.717, 1.165) is 22.3 Å². The molecule has 9 nitrogen and oxygen atoms in total. The Morgan fingerprint density at radius 1 is 0.857 bits per heavy atom. The molecule has 0 fully saturated rings. The molecule has 0 aromatic heterocycles. The Bertz CT molecular complexity index is 1710. The molecule has 0 radical (unpaired) electrons. The van der Waals surface area contributed by atoms with Crippen molar-refractivity contribution < 1.29 is 33.6 Å². The van der Waals surface area contributed by atoms with Gasteiger partial charge in [0.2, 0.25) is 5.90 Å². The summed E-state index contributed by atoms with van der Waals surface area (Å²) < 4.78 is 23.3. The van der Waals surface area contributed by atoms with Crippen molar-refractivity contribution in [3.63, 3.8) is 0 Å². The Labute approximate surface area is 287 Å². The molecule has 0 unspecified atom stereocenters. The summed E-state index contributed by atoms with van der Waals surface area (Å²) in [5.41, 5.74) is 2.17. The number of amides is 1. The summed E-state index contributed by atoms with van der Waals surface area (Å²) in [5, 5.41) is 12.2. The highest BCUT2D eigenvalue weighted by Gasteiger charge is 2.53. The number of rotatable bonds is 14. The van der Waals surface area contributed by atoms with Gasteiger partial charge >= 0.3 is 5.97 Å². The van der Waals surface area contributed by atoms with Gasteiger partial charge in [-0.25, -0.2) is 4.99 Å². The van der Waals surface area contributed by atoms with Crippen LogP contribution in [0.3, 0.4) is 0 Å². The molecule has 4 aromatic carbocycles. The van der Waals surface area contributed by atoms with Crippen LogP contribution in [0.4, 0.5) is 0 Å². The van der Waals surface area contributed by atoms with E-state index >= 15 is 0 Å². The predicted octanol–water partition coefficient (Wildman–Crippen LogP) is 6.82. The third-order valence-electron chi connectivity index (χ3n) is 8.09. The third-order valence-corrected chi connectivity index (χ3v) is 8.09. The number of benzene rings is 4. The quantitative estimate of drug-likeness (QED) is 0.112. The molecule has 2 atom stereocenters. The molecule has 0 bridgehead atoms. The van der Waals surface area contributed by atoms with Crippen molar-refractivity contribution in [2.45, 2.75) is 63.8 Å². The number of nitrogens with one attached hydrogen (secondary N) is 1. The molecule has 256 valence electrons. The Kier molecular flexibility index (Phi) is 11.4. The minimum atomic E-state index is -1.50. The summed E-state index contributed by atoms with van der Waals surface area (Å²) in [6, 6.07) is 32.6. The van der Waals surface area contributed by atoms with E-state index in [9.17, 15) is 9.59 Å². The maximum absolute atomic E-state index is 14.5. The Morgan fingerprint density at radius 2 is 1.49 bits per heavy atom. The number of methoxy groups -OCH3 is 1. The number of ether oxygens (including phenoxy) is 4. The summed E-state index contributed by atoms with van der Waals surface area (Å²) >= 11 is 0. The van der Waals surface area contributed by atoms with Gasteiger partial charge < -0.3 is 29.4 Å². The smallest absolute Gasteiger partial charge is 0.306 e. The van der Waals surface area contributed by atoms with Crippen LogP contribution in [0.15, 0.2) is 108 Å². The van der Waals surface area contributed by atoms with E-state index in [2.05, 4.69) is 5.32 Å². The predicted molar refractivity (Wildman–Crippen MR) is 189 cm³/mol. The average molecular weight is 665 g/mol. The molecule has 2 N–H and O–H groups in total. The van der Waals surface area contributed by atoms with E-state index in [1.54, 1.807) is 19.2 Å². The van der Waals surface area contributed by atoms with Crippen LogP contribution in [0.2, 0.25) is 0 Å². The topological polar surface area (TPSA) is 116 Å². The first kappa shape index (κ1) is 35.2. The van der Waals surface area contributed by atoms with Crippen molar-refractivity contribution in [2.24, 2.45) is 4.99 Å². The van der Waals surface area contributed by atoms with Crippen molar-refractivity contribution >= 4 is 17.8 Å². The lowest BCUT2D eigenvalue weighted by atomic mass is 9.83. The monoisotopic (exact) mass is 664 g/mol. The van der Waals surface area contributed by atoms with Crippen LogP contribution in [0.1, 0.15) is 62.8 Å². The number of nitrogens with zero attached hydrogens (tertiary/aromatic N) is 1. The van der Waals surface area contributed by atoms with E-state index < -0.39 is 23.2 Å². The number of hydrogen-bond donors (Lipinski definition) is 2. The van der Waals surface area contributed by atoms with Gasteiger partial charge in [0, 0.05) is 31.6 Å². The minimum Gasteiger partial charge on any atom is -0.497 e. The zero-order valence-corrected chi connectivity index (χ0v) is 28.5. The molecule has 0 aliphatic carbocycles. The molecule has 0 saturated carbocycles. The summed E-state index contributed by atoms with van der Waals surface area (Å²) in [5.74, 6) is 0.829. The normalized spacial score (nSPS) is 17.1. The van der Waals surface area contributed by atoms with Crippen LogP contribution >= 0.6 is 0 Å². The zero-order valence-electron chi connectivity index (χ0n) is 28.5. The fourth-order valence-electron chi connectivity index (χ4n) is 5.62. The number of esters is 1. The van der Waals surface area contributed by atoms with Crippen LogP contribution < -0.4 is 14.8 Å². The van der Waals surface area contributed by atoms with Gasteiger partial charge in [0.05, 0.1) is 13.7 Å². The van der Waals surface area contributed by atoms with Gasteiger partial charge in [-0.3, -0.25) is 9.59 Å². The number of aliphatic imine (C=N–C) groups is 1. The molecule has 1 amide bonds. The summed E-state index contributed by atoms with van der Waals surface area (Å²) in [6.45, 7) is 6.10. The van der Waals surface area contributed by atoms with Crippen molar-refractivity contribution in [1.82, 2.24) is 5.32 Å². The lowest BCUT2D eigenvalue weighted by molar-refractivity contribution is -0.155. The number of carbonyl (C=O) groups is 2. The third kappa shape index (κ3) is 9.06. The maximum atomic E-state index is 14.5. The SMILES string of the molecule is COc1ccc(CNC(=O)[C@]2(CCC(=O)OC(C)(C)C)N=C(c3ccc(OCCCO)cc3)O[C@@H]2c2ccc(-c3ccccc3)cc2)cc1. The first-order chi connectivity index (χ1) is 23.6. The second-order valence-corrected chi connectivity index (χ2v) is 12.9. The van der Waals surface area contributed by atoms with Crippen molar-refractivity contribution in [1.29, 1.82) is 0 Å². The van der Waals surface area contributed by atoms with Gasteiger partial charge in [0.15, 0.2) is 11.6 Å². The molecule has 1 aliphatic heterocycles. The lowest BCUT2D eigenvalue weighted by Gasteiger charge is -2.31. The standard InChI is InChI=1S/C40H44N2O7/c1-39(2,3)49-35(44)23-24-40(38(45)41-27-28-11-19-33(46-4)20-12-28)36(31-15-13-30(14-16-31)29-9-6-5-7-10-29)48-37(42-40)32-17-21-34(22-18-32)47-26-8-25-43/h5-7,9-22,36,43H,8,23-27H2,1-4H3,(H,41,45)/t36-,40-/m1/s1. The number of aliphatic hydroxyl groups excluding tert-OH is 1. The maximum Gasteiger partial charge on any atom is 0.306 e. The molecule has 0 saturated heterocycles. The highest BCUT2D eigenvalue weighted by Crippen LogP contribution is 2.44. The van der Waals surface area contributed by atoms with Crippen LogP contribution in [0.25, 0.3) is 11.1 Å². The Hall–Kier alpha value is -5.15. The molecule has 5 rings (SSSR count). The van der Waals surface area contributed by atoms with E-state index in [1.807, 2.05) is 112 Å². The number of hydrogen-bond acceptors (Lipinski definition) is 8. The van der Waals surface area contributed by atoms with Gasteiger partial charge in [0.25, 0.3) is 5.91 Å². The van der Waals surface area contributed by atoms with Gasteiger partial charge in [-0.2, -0.15) is 0 Å². The highest BCUT2D eigenvalue weighted by molar-refractivity contribution is 6.01. The summed E-state index contributed by atoms with van der Waals surface area (Å²) in [7, 11) is 1.60. The Morgan fingerprint density at radius 3 is 2.12 bits per heavy atom. The lowest BCUT2D eigenvalue weighted by Crippen LogP contribution is -2.48.